The third-order valence-electron chi connectivity index (χ3n) is 5.46. The van der Waals surface area contributed by atoms with Crippen molar-refractivity contribution in [1.82, 2.24) is 9.80 Å². The summed E-state index contributed by atoms with van der Waals surface area (Å²) in [5.41, 5.74) is 1.42. The second-order valence-electron chi connectivity index (χ2n) is 8.01. The fourth-order valence-electron chi connectivity index (χ4n) is 3.51. The van der Waals surface area contributed by atoms with Gasteiger partial charge < -0.3 is 15.5 Å². The fraction of sp³-hybridized carbons (Fsp3) is 0.409. The first-order chi connectivity index (χ1) is 14.9. The van der Waals surface area contributed by atoms with Gasteiger partial charge in [-0.2, -0.15) is 0 Å². The fourth-order valence-corrected chi connectivity index (χ4v) is 4.56. The molecule has 2 aliphatic rings. The Morgan fingerprint density at radius 2 is 1.74 bits per heavy atom. The number of piperazine rings is 1. The van der Waals surface area contributed by atoms with Gasteiger partial charge in [-0.15, -0.1) is 11.3 Å². The smallest absolute Gasteiger partial charge is 0.264 e. The second kappa shape index (κ2) is 9.15. The summed E-state index contributed by atoms with van der Waals surface area (Å²) in [5, 5.41) is 6.38. The van der Waals surface area contributed by atoms with Crippen molar-refractivity contribution >= 4 is 39.7 Å². The SMILES string of the molecule is Cc1cc(NC(=O)C2CC2)sc1C(=O)N1CCN(CC(=O)Nc2ccc(F)cc2)CC1. The van der Waals surface area contributed by atoms with Crippen LogP contribution in [0.1, 0.15) is 28.1 Å². The lowest BCUT2D eigenvalue weighted by molar-refractivity contribution is -0.118. The molecule has 1 saturated carbocycles. The van der Waals surface area contributed by atoms with E-state index in [0.29, 0.717) is 41.7 Å². The molecule has 0 bridgehead atoms. The molecule has 0 unspecified atom stereocenters. The first kappa shape index (κ1) is 21.5. The van der Waals surface area contributed by atoms with Gasteiger partial charge in [0.05, 0.1) is 16.4 Å². The number of hydrogen-bond acceptors (Lipinski definition) is 5. The minimum absolute atomic E-state index is 0.0350. The minimum atomic E-state index is -0.350. The standard InChI is InChI=1S/C22H25FN4O3S/c1-14-12-19(25-21(29)15-2-3-15)31-20(14)22(30)27-10-8-26(9-11-27)13-18(28)24-17-6-4-16(23)5-7-17/h4-7,12,15H,2-3,8-11,13H2,1H3,(H,24,28)(H,25,29). The quantitative estimate of drug-likeness (QED) is 0.718. The molecule has 2 aromatic rings. The summed E-state index contributed by atoms with van der Waals surface area (Å²) in [6.07, 6.45) is 1.88. The molecule has 0 spiro atoms. The van der Waals surface area contributed by atoms with Gasteiger partial charge in [0.2, 0.25) is 11.8 Å². The molecule has 1 saturated heterocycles. The van der Waals surface area contributed by atoms with Gasteiger partial charge >= 0.3 is 0 Å². The van der Waals surface area contributed by atoms with E-state index in [1.54, 1.807) is 4.90 Å². The molecule has 3 amide bonds. The monoisotopic (exact) mass is 444 g/mol. The van der Waals surface area contributed by atoms with Crippen LogP contribution in [0.3, 0.4) is 0 Å². The Hall–Kier alpha value is -2.78. The van der Waals surface area contributed by atoms with Gasteiger partial charge in [0.1, 0.15) is 5.82 Å². The zero-order chi connectivity index (χ0) is 22.0. The molecule has 9 heteroatoms. The van der Waals surface area contributed by atoms with E-state index in [4.69, 9.17) is 0 Å². The van der Waals surface area contributed by atoms with Crippen LogP contribution < -0.4 is 10.6 Å². The average molecular weight is 445 g/mol. The molecule has 1 aliphatic heterocycles. The van der Waals surface area contributed by atoms with Gasteiger partial charge in [-0.25, -0.2) is 4.39 Å². The number of amides is 3. The number of nitrogens with zero attached hydrogens (tertiary/aromatic N) is 2. The van der Waals surface area contributed by atoms with Crippen molar-refractivity contribution in [3.63, 3.8) is 0 Å². The number of hydrogen-bond donors (Lipinski definition) is 2. The highest BCUT2D eigenvalue weighted by atomic mass is 32.1. The molecule has 164 valence electrons. The van der Waals surface area contributed by atoms with Crippen LogP contribution in [0.4, 0.5) is 15.1 Å². The Morgan fingerprint density at radius 1 is 1.06 bits per heavy atom. The highest BCUT2D eigenvalue weighted by molar-refractivity contribution is 7.18. The van der Waals surface area contributed by atoms with Crippen molar-refractivity contribution in [1.29, 1.82) is 0 Å². The molecule has 7 nitrogen and oxygen atoms in total. The van der Waals surface area contributed by atoms with Gasteiger partial charge in [-0.1, -0.05) is 0 Å². The summed E-state index contributed by atoms with van der Waals surface area (Å²) in [5.74, 6) is -0.402. The number of aryl methyl sites for hydroxylation is 1. The lowest BCUT2D eigenvalue weighted by Gasteiger charge is -2.34. The third-order valence-corrected chi connectivity index (χ3v) is 6.60. The number of carbonyl (C=O) groups is 3. The second-order valence-corrected chi connectivity index (χ2v) is 9.06. The molecular formula is C22H25FN4O3S. The molecule has 0 atom stereocenters. The van der Waals surface area contributed by atoms with Crippen LogP contribution in [0.5, 0.6) is 0 Å². The maximum Gasteiger partial charge on any atom is 0.264 e. The van der Waals surface area contributed by atoms with Gasteiger partial charge in [-0.05, 0) is 55.7 Å². The highest BCUT2D eigenvalue weighted by Gasteiger charge is 2.31. The number of anilines is 2. The number of rotatable bonds is 6. The molecule has 2 N–H and O–H groups in total. The maximum absolute atomic E-state index is 13.0. The third kappa shape index (κ3) is 5.48. The Kier molecular flexibility index (Phi) is 6.33. The number of halogens is 1. The Balaban J connectivity index is 1.26. The van der Waals surface area contributed by atoms with Crippen molar-refractivity contribution < 1.29 is 18.8 Å². The topological polar surface area (TPSA) is 81.8 Å². The van der Waals surface area contributed by atoms with Crippen molar-refractivity contribution in [2.75, 3.05) is 43.4 Å². The summed E-state index contributed by atoms with van der Waals surface area (Å²) in [6, 6.07) is 7.50. The van der Waals surface area contributed by atoms with E-state index in [1.807, 2.05) is 17.9 Å². The van der Waals surface area contributed by atoms with Crippen LogP contribution in [0.2, 0.25) is 0 Å². The van der Waals surface area contributed by atoms with Crippen molar-refractivity contribution in [3.8, 4) is 0 Å². The summed E-state index contributed by atoms with van der Waals surface area (Å²) >= 11 is 1.32. The van der Waals surface area contributed by atoms with E-state index in [9.17, 15) is 18.8 Å². The van der Waals surface area contributed by atoms with E-state index >= 15 is 0 Å². The zero-order valence-electron chi connectivity index (χ0n) is 17.3. The average Bonchev–Trinajstić information content (AvgIpc) is 3.53. The van der Waals surface area contributed by atoms with Gasteiger partial charge in [0.25, 0.3) is 5.91 Å². The first-order valence-corrected chi connectivity index (χ1v) is 11.2. The molecule has 1 aromatic heterocycles. The Labute approximate surface area is 184 Å². The van der Waals surface area contributed by atoms with E-state index in [2.05, 4.69) is 10.6 Å². The summed E-state index contributed by atoms with van der Waals surface area (Å²) in [4.78, 5) is 41.6. The molecule has 1 aromatic carbocycles. The van der Waals surface area contributed by atoms with Gasteiger partial charge in [0, 0.05) is 37.8 Å². The van der Waals surface area contributed by atoms with Crippen LogP contribution in [-0.4, -0.2) is 60.2 Å². The van der Waals surface area contributed by atoms with Crippen LogP contribution in [0.15, 0.2) is 30.3 Å². The number of thiophene rings is 1. The first-order valence-electron chi connectivity index (χ1n) is 10.4. The molecule has 0 radical (unpaired) electrons. The number of nitrogens with one attached hydrogen (secondary N) is 2. The Morgan fingerprint density at radius 3 is 2.39 bits per heavy atom. The summed E-state index contributed by atoms with van der Waals surface area (Å²) in [7, 11) is 0. The summed E-state index contributed by atoms with van der Waals surface area (Å²) < 4.78 is 13.0. The lowest BCUT2D eigenvalue weighted by atomic mass is 10.2. The normalized spacial score (nSPS) is 16.8. The minimum Gasteiger partial charge on any atom is -0.335 e. The van der Waals surface area contributed by atoms with E-state index in [0.717, 1.165) is 18.4 Å². The molecule has 1 aliphatic carbocycles. The molecular weight excluding hydrogens is 419 g/mol. The van der Waals surface area contributed by atoms with Crippen LogP contribution in [-0.2, 0) is 9.59 Å². The largest absolute Gasteiger partial charge is 0.335 e. The van der Waals surface area contributed by atoms with Crippen molar-refractivity contribution in [3.05, 3.63) is 46.6 Å². The van der Waals surface area contributed by atoms with E-state index < -0.39 is 0 Å². The molecule has 2 heterocycles. The Bertz CT molecular complexity index is 979. The molecule has 4 rings (SSSR count). The predicted molar refractivity (Wildman–Crippen MR) is 118 cm³/mol. The molecule has 31 heavy (non-hydrogen) atoms. The zero-order valence-corrected chi connectivity index (χ0v) is 18.1. The highest BCUT2D eigenvalue weighted by Crippen LogP contribution is 2.33. The van der Waals surface area contributed by atoms with Crippen molar-refractivity contribution in [2.45, 2.75) is 19.8 Å². The predicted octanol–water partition coefficient (Wildman–Crippen LogP) is 2.94. The van der Waals surface area contributed by atoms with Crippen molar-refractivity contribution in [2.24, 2.45) is 5.92 Å². The van der Waals surface area contributed by atoms with Crippen LogP contribution in [0.25, 0.3) is 0 Å². The van der Waals surface area contributed by atoms with Gasteiger partial charge in [0.15, 0.2) is 0 Å². The lowest BCUT2D eigenvalue weighted by Crippen LogP contribution is -2.50. The maximum atomic E-state index is 13.0. The van der Waals surface area contributed by atoms with E-state index in [1.165, 1.54) is 35.6 Å². The number of carbonyl (C=O) groups excluding carboxylic acids is 3. The molecule has 2 fully saturated rings. The number of benzene rings is 1. The van der Waals surface area contributed by atoms with Crippen LogP contribution >= 0.6 is 11.3 Å². The van der Waals surface area contributed by atoms with Crippen LogP contribution in [0, 0.1) is 18.7 Å². The van der Waals surface area contributed by atoms with Gasteiger partial charge in [-0.3, -0.25) is 19.3 Å². The summed E-state index contributed by atoms with van der Waals surface area (Å²) in [6.45, 7) is 4.35. The van der Waals surface area contributed by atoms with E-state index in [-0.39, 0.29) is 36.0 Å².